The van der Waals surface area contributed by atoms with Crippen LogP contribution in [-0.2, 0) is 17.6 Å². The van der Waals surface area contributed by atoms with Crippen LogP contribution < -0.4 is 0 Å². The van der Waals surface area contributed by atoms with E-state index in [0.29, 0.717) is 11.8 Å². The fourth-order valence-electron chi connectivity index (χ4n) is 5.28. The van der Waals surface area contributed by atoms with Crippen LogP contribution in [0.4, 0.5) is 0 Å². The van der Waals surface area contributed by atoms with Gasteiger partial charge in [-0.2, -0.15) is 11.8 Å². The van der Waals surface area contributed by atoms with Crippen molar-refractivity contribution in [2.45, 2.75) is 44.2 Å². The molecule has 0 unspecified atom stereocenters. The van der Waals surface area contributed by atoms with Crippen molar-refractivity contribution >= 4 is 17.7 Å². The third-order valence-electron chi connectivity index (χ3n) is 6.69. The number of carbonyl (C=O) groups is 1. The summed E-state index contributed by atoms with van der Waals surface area (Å²) < 4.78 is 0. The summed E-state index contributed by atoms with van der Waals surface area (Å²) in [5.41, 5.74) is 2.83. The molecule has 2 fully saturated rings. The van der Waals surface area contributed by atoms with Crippen LogP contribution in [0.15, 0.2) is 24.3 Å². The van der Waals surface area contributed by atoms with E-state index in [0.717, 1.165) is 58.3 Å². The average Bonchev–Trinajstić information content (AvgIpc) is 3.09. The predicted molar refractivity (Wildman–Crippen MR) is 106 cm³/mol. The number of thioether (sulfide) groups is 1. The number of rotatable bonds is 3. The molecule has 0 saturated carbocycles. The van der Waals surface area contributed by atoms with Crippen molar-refractivity contribution in [3.8, 4) is 0 Å². The van der Waals surface area contributed by atoms with Gasteiger partial charge in [0.1, 0.15) is 0 Å². The maximum atomic E-state index is 12.4. The molecule has 2 heterocycles. The molecule has 0 radical (unpaired) electrons. The summed E-state index contributed by atoms with van der Waals surface area (Å²) in [5.74, 6) is 0.780. The topological polar surface area (TPSA) is 43.8 Å². The molecule has 3 aliphatic rings. The van der Waals surface area contributed by atoms with E-state index >= 15 is 0 Å². The van der Waals surface area contributed by atoms with Gasteiger partial charge >= 0.3 is 0 Å². The first-order chi connectivity index (χ1) is 12.6. The number of aliphatic hydroxyl groups is 1. The van der Waals surface area contributed by atoms with E-state index < -0.39 is 0 Å². The van der Waals surface area contributed by atoms with E-state index in [1.165, 1.54) is 11.1 Å². The number of carbonyl (C=O) groups excluding carboxylic acids is 1. The summed E-state index contributed by atoms with van der Waals surface area (Å²) in [6.07, 6.45) is 6.81. The first kappa shape index (κ1) is 18.3. The van der Waals surface area contributed by atoms with Crippen LogP contribution in [0.3, 0.4) is 0 Å². The molecule has 5 heteroatoms. The number of hydrogen-bond acceptors (Lipinski definition) is 4. The van der Waals surface area contributed by atoms with E-state index in [1.807, 2.05) is 11.2 Å². The highest BCUT2D eigenvalue weighted by Crippen LogP contribution is 2.41. The van der Waals surface area contributed by atoms with Crippen molar-refractivity contribution in [1.29, 1.82) is 0 Å². The molecule has 1 aromatic rings. The normalized spacial score (nSPS) is 29.9. The highest BCUT2D eigenvalue weighted by atomic mass is 32.2. The van der Waals surface area contributed by atoms with Gasteiger partial charge in [0.15, 0.2) is 0 Å². The van der Waals surface area contributed by atoms with E-state index in [-0.39, 0.29) is 17.4 Å². The lowest BCUT2D eigenvalue weighted by atomic mass is 9.71. The quantitative estimate of drug-likeness (QED) is 0.881. The summed E-state index contributed by atoms with van der Waals surface area (Å²) in [5, 5.41) is 10.9. The lowest BCUT2D eigenvalue weighted by Gasteiger charge is -2.52. The molecule has 1 amide bonds. The Labute approximate surface area is 160 Å². The van der Waals surface area contributed by atoms with Crippen molar-refractivity contribution in [3.05, 3.63) is 35.4 Å². The fourth-order valence-corrected chi connectivity index (χ4v) is 5.71. The molecule has 1 spiro atoms. The van der Waals surface area contributed by atoms with Gasteiger partial charge in [-0.25, -0.2) is 0 Å². The molecule has 0 bridgehead atoms. The largest absolute Gasteiger partial charge is 0.392 e. The molecule has 1 N–H and O–H groups in total. The molecule has 1 aliphatic carbocycles. The zero-order valence-corrected chi connectivity index (χ0v) is 16.5. The molecule has 0 aromatic heterocycles. The number of fused-ring (bicyclic) bond motifs is 1. The minimum Gasteiger partial charge on any atom is -0.392 e. The second kappa shape index (κ2) is 7.53. The van der Waals surface area contributed by atoms with Gasteiger partial charge in [0.05, 0.1) is 11.9 Å². The minimum absolute atomic E-state index is 0.140. The SMILES string of the molecule is CSCC(=O)N1CCC[C@]2(C1)CN(C1Cc3ccccc3C1)CC[C@H]2O. The smallest absolute Gasteiger partial charge is 0.232 e. The van der Waals surface area contributed by atoms with E-state index in [4.69, 9.17) is 0 Å². The second-order valence-electron chi connectivity index (χ2n) is 8.32. The van der Waals surface area contributed by atoms with Crippen LogP contribution in [0.5, 0.6) is 0 Å². The third-order valence-corrected chi connectivity index (χ3v) is 7.23. The zero-order valence-electron chi connectivity index (χ0n) is 15.7. The Morgan fingerprint density at radius 1 is 1.23 bits per heavy atom. The van der Waals surface area contributed by atoms with E-state index in [2.05, 4.69) is 29.2 Å². The Bertz CT molecular complexity index is 642. The van der Waals surface area contributed by atoms with Crippen LogP contribution >= 0.6 is 11.8 Å². The molecular weight excluding hydrogens is 344 g/mol. The number of piperidine rings is 2. The monoisotopic (exact) mass is 374 g/mol. The number of hydrogen-bond donors (Lipinski definition) is 1. The minimum atomic E-state index is -0.285. The van der Waals surface area contributed by atoms with Gasteiger partial charge in [-0.05, 0) is 49.5 Å². The summed E-state index contributed by atoms with van der Waals surface area (Å²) in [6, 6.07) is 9.34. The number of amides is 1. The number of nitrogens with zero attached hydrogens (tertiary/aromatic N) is 2. The van der Waals surface area contributed by atoms with Gasteiger partial charge in [0.2, 0.25) is 5.91 Å². The average molecular weight is 375 g/mol. The van der Waals surface area contributed by atoms with Crippen LogP contribution in [0.25, 0.3) is 0 Å². The molecule has 2 aliphatic heterocycles. The Morgan fingerprint density at radius 3 is 2.65 bits per heavy atom. The molecule has 2 atom stereocenters. The molecule has 2 saturated heterocycles. The zero-order chi connectivity index (χ0) is 18.1. The van der Waals surface area contributed by atoms with Gasteiger partial charge in [-0.3, -0.25) is 9.69 Å². The lowest BCUT2D eigenvalue weighted by molar-refractivity contribution is -0.139. The molecular formula is C21H30N2O2S. The van der Waals surface area contributed by atoms with Crippen molar-refractivity contribution in [1.82, 2.24) is 9.80 Å². The highest BCUT2D eigenvalue weighted by molar-refractivity contribution is 7.99. The Morgan fingerprint density at radius 2 is 1.96 bits per heavy atom. The van der Waals surface area contributed by atoms with Crippen LogP contribution in [-0.4, -0.2) is 71.1 Å². The Kier molecular flexibility index (Phi) is 5.31. The number of benzene rings is 1. The van der Waals surface area contributed by atoms with E-state index in [1.54, 1.807) is 11.8 Å². The summed E-state index contributed by atoms with van der Waals surface area (Å²) in [7, 11) is 0. The lowest BCUT2D eigenvalue weighted by Crippen LogP contribution is -2.61. The molecule has 142 valence electrons. The van der Waals surface area contributed by atoms with Crippen molar-refractivity contribution in [2.75, 3.05) is 38.2 Å². The van der Waals surface area contributed by atoms with Crippen LogP contribution in [0, 0.1) is 5.41 Å². The number of aliphatic hydroxyl groups excluding tert-OH is 1. The maximum absolute atomic E-state index is 12.4. The molecule has 4 rings (SSSR count). The molecule has 4 nitrogen and oxygen atoms in total. The Balaban J connectivity index is 1.47. The summed E-state index contributed by atoms with van der Waals surface area (Å²) in [6.45, 7) is 3.47. The molecule has 1 aromatic carbocycles. The van der Waals surface area contributed by atoms with Gasteiger partial charge < -0.3 is 10.0 Å². The first-order valence-electron chi connectivity index (χ1n) is 9.87. The third kappa shape index (κ3) is 3.41. The second-order valence-corrected chi connectivity index (χ2v) is 9.19. The van der Waals surface area contributed by atoms with Crippen LogP contribution in [0.2, 0.25) is 0 Å². The van der Waals surface area contributed by atoms with Crippen molar-refractivity contribution in [2.24, 2.45) is 5.41 Å². The van der Waals surface area contributed by atoms with Gasteiger partial charge in [0.25, 0.3) is 0 Å². The standard InChI is InChI=1S/C21H30N2O2S/c1-26-13-20(25)23-9-4-8-21(15-23)14-22(10-7-19(21)24)18-11-16-5-2-3-6-17(16)12-18/h2-3,5-6,18-19,24H,4,7-15H2,1H3/t19-,21-/m1/s1. The Hall–Kier alpha value is -1.04. The fraction of sp³-hybridized carbons (Fsp3) is 0.667. The summed E-state index contributed by atoms with van der Waals surface area (Å²) >= 11 is 1.59. The van der Waals surface area contributed by atoms with Gasteiger partial charge in [0, 0.05) is 37.6 Å². The van der Waals surface area contributed by atoms with Crippen molar-refractivity contribution < 1.29 is 9.90 Å². The van der Waals surface area contributed by atoms with Gasteiger partial charge in [-0.1, -0.05) is 24.3 Å². The highest BCUT2D eigenvalue weighted by Gasteiger charge is 2.47. The predicted octanol–water partition coefficient (Wildman–Crippen LogP) is 2.19. The molecule has 26 heavy (non-hydrogen) atoms. The van der Waals surface area contributed by atoms with Crippen molar-refractivity contribution in [3.63, 3.8) is 0 Å². The van der Waals surface area contributed by atoms with Crippen LogP contribution in [0.1, 0.15) is 30.4 Å². The number of likely N-dealkylation sites (tertiary alicyclic amines) is 2. The summed E-state index contributed by atoms with van der Waals surface area (Å²) in [4.78, 5) is 17.0. The first-order valence-corrected chi connectivity index (χ1v) is 11.3. The maximum Gasteiger partial charge on any atom is 0.232 e. The van der Waals surface area contributed by atoms with Gasteiger partial charge in [-0.15, -0.1) is 0 Å². The van der Waals surface area contributed by atoms with E-state index in [9.17, 15) is 9.90 Å².